The number of ether oxygens (including phenoxy) is 2. The van der Waals surface area contributed by atoms with Crippen molar-refractivity contribution >= 4 is 23.1 Å². The summed E-state index contributed by atoms with van der Waals surface area (Å²) in [6.07, 6.45) is 2.78. The summed E-state index contributed by atoms with van der Waals surface area (Å²) in [6.45, 7) is 0. The van der Waals surface area contributed by atoms with Gasteiger partial charge < -0.3 is 9.47 Å². The van der Waals surface area contributed by atoms with E-state index >= 15 is 0 Å². The van der Waals surface area contributed by atoms with Gasteiger partial charge in [-0.1, -0.05) is 23.7 Å². The van der Waals surface area contributed by atoms with Gasteiger partial charge in [0.15, 0.2) is 0 Å². The molecule has 1 unspecified atom stereocenters. The van der Waals surface area contributed by atoms with E-state index < -0.39 is 0 Å². The van der Waals surface area contributed by atoms with E-state index in [0.29, 0.717) is 10.6 Å². The van der Waals surface area contributed by atoms with E-state index in [-0.39, 0.29) is 18.2 Å². The van der Waals surface area contributed by atoms with Crippen LogP contribution in [-0.4, -0.2) is 25.3 Å². The number of hydrogen-bond donors (Lipinski definition) is 0. The first-order valence-corrected chi connectivity index (χ1v) is 6.79. The van der Waals surface area contributed by atoms with Gasteiger partial charge in [-0.05, 0) is 42.5 Å². The van der Waals surface area contributed by atoms with Gasteiger partial charge >= 0.3 is 5.97 Å². The molecule has 4 heteroatoms. The fraction of sp³-hybridized carbons (Fsp3) is 0.400. The summed E-state index contributed by atoms with van der Waals surface area (Å²) in [7, 11) is 1.41. The highest BCUT2D eigenvalue weighted by Gasteiger charge is 2.39. The Morgan fingerprint density at radius 2 is 2.05 bits per heavy atom. The minimum absolute atomic E-state index is 0.114. The van der Waals surface area contributed by atoms with Crippen LogP contribution in [0, 0.1) is 0 Å². The van der Waals surface area contributed by atoms with Gasteiger partial charge in [-0.3, -0.25) is 0 Å². The molecule has 2 atom stereocenters. The third-order valence-electron chi connectivity index (χ3n) is 3.78. The minimum atomic E-state index is -0.282. The molecule has 1 aromatic rings. The van der Waals surface area contributed by atoms with Gasteiger partial charge in [0.05, 0.1) is 24.9 Å². The molecule has 0 spiro atoms. The summed E-state index contributed by atoms with van der Waals surface area (Å²) in [5.74, 6) is -0.282. The Morgan fingerprint density at radius 3 is 2.74 bits per heavy atom. The maximum atomic E-state index is 12.0. The molecule has 0 radical (unpaired) electrons. The molecule has 1 aromatic carbocycles. The molecule has 0 saturated carbocycles. The second-order valence-electron chi connectivity index (χ2n) is 4.92. The molecule has 1 fully saturated rings. The fourth-order valence-corrected chi connectivity index (χ4v) is 3.02. The molecule has 19 heavy (non-hydrogen) atoms. The van der Waals surface area contributed by atoms with E-state index in [9.17, 15) is 4.79 Å². The Balaban J connectivity index is 2.07. The van der Waals surface area contributed by atoms with Crippen LogP contribution in [-0.2, 0) is 14.3 Å². The van der Waals surface area contributed by atoms with Gasteiger partial charge in [0, 0.05) is 5.02 Å². The number of esters is 1. The lowest BCUT2D eigenvalue weighted by atomic mass is 9.92. The number of rotatable bonds is 2. The molecule has 2 heterocycles. The first kappa shape index (κ1) is 12.7. The fourth-order valence-electron chi connectivity index (χ4n) is 2.89. The van der Waals surface area contributed by atoms with Crippen LogP contribution in [0.25, 0.3) is 5.57 Å². The molecule has 3 nitrogen and oxygen atoms in total. The van der Waals surface area contributed by atoms with Crippen LogP contribution in [0.2, 0.25) is 5.02 Å². The van der Waals surface area contributed by atoms with Crippen molar-refractivity contribution < 1.29 is 14.3 Å². The van der Waals surface area contributed by atoms with Crippen LogP contribution in [0.4, 0.5) is 0 Å². The molecular formula is C15H15ClO3. The standard InChI is InChI=1S/C15H15ClO3/c1-18-15(17)14-12(8-11-6-7-13(14)19-11)9-2-4-10(16)5-3-9/h2-5,11,13H,6-8H2,1H3/t11?,13-/m0/s1. The Bertz CT molecular complexity index is 533. The highest BCUT2D eigenvalue weighted by molar-refractivity contribution is 6.30. The number of carbonyl (C=O) groups is 1. The molecule has 0 N–H and O–H groups in total. The summed E-state index contributed by atoms with van der Waals surface area (Å²) in [4.78, 5) is 12.0. The van der Waals surface area contributed by atoms with E-state index in [1.54, 1.807) is 0 Å². The van der Waals surface area contributed by atoms with Crippen LogP contribution in [0.5, 0.6) is 0 Å². The number of carbonyl (C=O) groups excluding carboxylic acids is 1. The maximum absolute atomic E-state index is 12.0. The summed E-state index contributed by atoms with van der Waals surface area (Å²) < 4.78 is 10.7. The molecule has 0 amide bonds. The van der Waals surface area contributed by atoms with Crippen molar-refractivity contribution in [1.29, 1.82) is 0 Å². The summed E-state index contributed by atoms with van der Waals surface area (Å²) >= 11 is 5.91. The number of halogens is 1. The lowest BCUT2D eigenvalue weighted by Crippen LogP contribution is -2.26. The summed E-state index contributed by atoms with van der Waals surface area (Å²) in [6, 6.07) is 7.59. The smallest absolute Gasteiger partial charge is 0.336 e. The summed E-state index contributed by atoms with van der Waals surface area (Å²) in [5.41, 5.74) is 2.76. The van der Waals surface area contributed by atoms with Crippen molar-refractivity contribution in [3.8, 4) is 0 Å². The van der Waals surface area contributed by atoms with E-state index in [0.717, 1.165) is 30.4 Å². The van der Waals surface area contributed by atoms with Crippen LogP contribution >= 0.6 is 11.6 Å². The Hall–Kier alpha value is -1.32. The topological polar surface area (TPSA) is 35.5 Å². The lowest BCUT2D eigenvalue weighted by molar-refractivity contribution is -0.137. The number of hydrogen-bond acceptors (Lipinski definition) is 3. The number of benzene rings is 1. The number of fused-ring (bicyclic) bond motifs is 2. The zero-order valence-electron chi connectivity index (χ0n) is 10.7. The normalized spacial score (nSPS) is 25.6. The molecule has 1 saturated heterocycles. The van der Waals surface area contributed by atoms with E-state index in [1.165, 1.54) is 7.11 Å². The maximum Gasteiger partial charge on any atom is 0.336 e. The van der Waals surface area contributed by atoms with Crippen molar-refractivity contribution in [2.75, 3.05) is 7.11 Å². The predicted molar refractivity (Wildman–Crippen MR) is 72.9 cm³/mol. The Morgan fingerprint density at radius 1 is 1.32 bits per heavy atom. The Kier molecular flexibility index (Phi) is 3.33. The molecular weight excluding hydrogens is 264 g/mol. The largest absolute Gasteiger partial charge is 0.466 e. The molecule has 3 rings (SSSR count). The van der Waals surface area contributed by atoms with Gasteiger partial charge in [0.1, 0.15) is 0 Å². The van der Waals surface area contributed by atoms with Crippen molar-refractivity contribution in [3.63, 3.8) is 0 Å². The van der Waals surface area contributed by atoms with Crippen LogP contribution in [0.1, 0.15) is 24.8 Å². The van der Waals surface area contributed by atoms with Gasteiger partial charge in [-0.25, -0.2) is 4.79 Å². The SMILES string of the molecule is COC(=O)C1=C(c2ccc(Cl)cc2)CC2CC[C@@H]1O2. The summed E-state index contributed by atoms with van der Waals surface area (Å²) in [5, 5.41) is 0.694. The van der Waals surface area contributed by atoms with Crippen molar-refractivity contribution in [2.45, 2.75) is 31.5 Å². The highest BCUT2D eigenvalue weighted by atomic mass is 35.5. The lowest BCUT2D eigenvalue weighted by Gasteiger charge is -2.26. The quantitative estimate of drug-likeness (QED) is 0.779. The molecule has 0 aromatic heterocycles. The first-order chi connectivity index (χ1) is 9.19. The second-order valence-corrected chi connectivity index (χ2v) is 5.36. The van der Waals surface area contributed by atoms with Crippen LogP contribution in [0.15, 0.2) is 29.8 Å². The van der Waals surface area contributed by atoms with Crippen LogP contribution in [0.3, 0.4) is 0 Å². The third kappa shape index (κ3) is 2.28. The average molecular weight is 279 g/mol. The van der Waals surface area contributed by atoms with Crippen molar-refractivity contribution in [3.05, 3.63) is 40.4 Å². The average Bonchev–Trinajstić information content (AvgIpc) is 2.80. The molecule has 2 bridgehead atoms. The van der Waals surface area contributed by atoms with Gasteiger partial charge in [0.25, 0.3) is 0 Å². The van der Waals surface area contributed by atoms with Crippen LogP contribution < -0.4 is 0 Å². The predicted octanol–water partition coefficient (Wildman–Crippen LogP) is 3.22. The molecule has 2 aliphatic rings. The monoisotopic (exact) mass is 278 g/mol. The highest BCUT2D eigenvalue weighted by Crippen LogP contribution is 2.41. The van der Waals surface area contributed by atoms with E-state index in [2.05, 4.69) is 0 Å². The third-order valence-corrected chi connectivity index (χ3v) is 4.04. The zero-order chi connectivity index (χ0) is 13.4. The second kappa shape index (κ2) is 4.99. The number of methoxy groups -OCH3 is 1. The first-order valence-electron chi connectivity index (χ1n) is 6.42. The van der Waals surface area contributed by atoms with E-state index in [1.807, 2.05) is 24.3 Å². The Labute approximate surface area is 117 Å². The minimum Gasteiger partial charge on any atom is -0.466 e. The zero-order valence-corrected chi connectivity index (χ0v) is 11.4. The van der Waals surface area contributed by atoms with Gasteiger partial charge in [0.2, 0.25) is 0 Å². The molecule has 0 aliphatic carbocycles. The van der Waals surface area contributed by atoms with E-state index in [4.69, 9.17) is 21.1 Å². The van der Waals surface area contributed by atoms with Crippen molar-refractivity contribution in [2.24, 2.45) is 0 Å². The molecule has 100 valence electrons. The van der Waals surface area contributed by atoms with Gasteiger partial charge in [-0.2, -0.15) is 0 Å². The molecule has 2 aliphatic heterocycles. The van der Waals surface area contributed by atoms with Crippen molar-refractivity contribution in [1.82, 2.24) is 0 Å². The van der Waals surface area contributed by atoms with Gasteiger partial charge in [-0.15, -0.1) is 0 Å².